The topological polar surface area (TPSA) is 105 Å². The Morgan fingerprint density at radius 3 is 2.61 bits per heavy atom. The first kappa shape index (κ1) is 21.1. The molecular formula is C23H22N6O3S. The zero-order valence-corrected chi connectivity index (χ0v) is 18.8. The lowest BCUT2D eigenvalue weighted by molar-refractivity contribution is 0.101. The summed E-state index contributed by atoms with van der Waals surface area (Å²) >= 11 is 1.53. The van der Waals surface area contributed by atoms with E-state index >= 15 is 0 Å². The van der Waals surface area contributed by atoms with Crippen molar-refractivity contribution in [3.63, 3.8) is 0 Å². The Kier molecular flexibility index (Phi) is 6.01. The van der Waals surface area contributed by atoms with Crippen LogP contribution >= 0.6 is 11.3 Å². The van der Waals surface area contributed by atoms with E-state index in [0.717, 1.165) is 29.5 Å². The SMILES string of the molecule is Cc1nc(Nc2ccc(NC(=O)c3cc(-c4cccs4)on3)cc2)cc(N2CCOCC2)n1. The van der Waals surface area contributed by atoms with E-state index in [0.29, 0.717) is 36.3 Å². The van der Waals surface area contributed by atoms with E-state index in [1.807, 2.05) is 54.8 Å². The van der Waals surface area contributed by atoms with Gasteiger partial charge in [0.05, 0.1) is 18.1 Å². The fourth-order valence-corrected chi connectivity index (χ4v) is 4.14. The maximum Gasteiger partial charge on any atom is 0.277 e. The lowest BCUT2D eigenvalue weighted by Crippen LogP contribution is -2.36. The van der Waals surface area contributed by atoms with Crippen molar-refractivity contribution in [2.75, 3.05) is 41.8 Å². The molecule has 0 aliphatic carbocycles. The number of morpholine rings is 1. The summed E-state index contributed by atoms with van der Waals surface area (Å²) in [5.41, 5.74) is 1.73. The Morgan fingerprint density at radius 2 is 1.85 bits per heavy atom. The number of nitrogens with zero attached hydrogens (tertiary/aromatic N) is 4. The number of anilines is 4. The summed E-state index contributed by atoms with van der Waals surface area (Å²) in [4.78, 5) is 24.7. The van der Waals surface area contributed by atoms with Crippen molar-refractivity contribution in [3.05, 3.63) is 65.4 Å². The number of nitrogens with one attached hydrogen (secondary N) is 2. The zero-order valence-electron chi connectivity index (χ0n) is 17.9. The number of benzene rings is 1. The molecule has 3 aromatic heterocycles. The van der Waals surface area contributed by atoms with Crippen molar-refractivity contribution in [1.29, 1.82) is 0 Å². The Labute approximate surface area is 194 Å². The van der Waals surface area contributed by atoms with Crippen molar-refractivity contribution in [2.45, 2.75) is 6.92 Å². The van der Waals surface area contributed by atoms with Gasteiger partial charge in [0.15, 0.2) is 11.5 Å². The molecule has 1 aliphatic heterocycles. The number of hydrogen-bond acceptors (Lipinski definition) is 9. The molecule has 4 heterocycles. The Balaban J connectivity index is 1.24. The smallest absolute Gasteiger partial charge is 0.277 e. The van der Waals surface area contributed by atoms with Crippen LogP contribution in [0.4, 0.5) is 23.0 Å². The molecule has 0 bridgehead atoms. The molecule has 4 aromatic rings. The molecule has 10 heteroatoms. The van der Waals surface area contributed by atoms with Crippen LogP contribution in [0.3, 0.4) is 0 Å². The minimum atomic E-state index is -0.330. The standard InChI is InChI=1S/C23H22N6O3S/c1-15-24-21(14-22(25-15)29-8-10-31-11-9-29)26-16-4-6-17(7-5-16)27-23(30)18-13-19(32-28-18)20-3-2-12-33-20/h2-7,12-14H,8-11H2,1H3,(H,27,30)(H,24,25,26). The largest absolute Gasteiger partial charge is 0.378 e. The van der Waals surface area contributed by atoms with Crippen LogP contribution < -0.4 is 15.5 Å². The first-order chi connectivity index (χ1) is 16.1. The van der Waals surface area contributed by atoms with Gasteiger partial charge in [-0.3, -0.25) is 4.79 Å². The summed E-state index contributed by atoms with van der Waals surface area (Å²) in [6, 6.07) is 14.8. The van der Waals surface area contributed by atoms with Crippen molar-refractivity contribution in [1.82, 2.24) is 15.1 Å². The van der Waals surface area contributed by atoms with Crippen LogP contribution in [-0.4, -0.2) is 47.3 Å². The van der Waals surface area contributed by atoms with Crippen LogP contribution in [-0.2, 0) is 4.74 Å². The van der Waals surface area contributed by atoms with Gasteiger partial charge in [-0.1, -0.05) is 11.2 Å². The Morgan fingerprint density at radius 1 is 1.06 bits per heavy atom. The number of aromatic nitrogens is 3. The second kappa shape index (κ2) is 9.39. The molecule has 1 aliphatic rings. The minimum absolute atomic E-state index is 0.229. The molecule has 0 atom stereocenters. The van der Waals surface area contributed by atoms with Crippen LogP contribution in [0.5, 0.6) is 0 Å². The lowest BCUT2D eigenvalue weighted by Gasteiger charge is -2.28. The molecule has 5 rings (SSSR count). The fourth-order valence-electron chi connectivity index (χ4n) is 3.47. The highest BCUT2D eigenvalue weighted by molar-refractivity contribution is 7.13. The number of ether oxygens (including phenoxy) is 1. The molecule has 1 fully saturated rings. The molecule has 2 N–H and O–H groups in total. The third-order valence-electron chi connectivity index (χ3n) is 5.08. The number of aryl methyl sites for hydroxylation is 1. The number of thiophene rings is 1. The van der Waals surface area contributed by atoms with E-state index in [4.69, 9.17) is 9.26 Å². The number of hydrogen-bond donors (Lipinski definition) is 2. The van der Waals surface area contributed by atoms with Crippen LogP contribution in [0, 0.1) is 6.92 Å². The molecule has 0 saturated carbocycles. The molecule has 1 saturated heterocycles. The molecule has 0 unspecified atom stereocenters. The summed E-state index contributed by atoms with van der Waals surface area (Å²) in [5.74, 6) is 2.53. The second-order valence-corrected chi connectivity index (χ2v) is 8.42. The second-order valence-electron chi connectivity index (χ2n) is 7.47. The van der Waals surface area contributed by atoms with Crippen LogP contribution in [0.25, 0.3) is 10.6 Å². The molecular weight excluding hydrogens is 440 g/mol. The van der Waals surface area contributed by atoms with Crippen molar-refractivity contribution in [3.8, 4) is 10.6 Å². The third kappa shape index (κ3) is 5.02. The summed E-state index contributed by atoms with van der Waals surface area (Å²) in [7, 11) is 0. The predicted octanol–water partition coefficient (Wildman–Crippen LogP) is 4.33. The Bertz CT molecular complexity index is 1230. The third-order valence-corrected chi connectivity index (χ3v) is 5.97. The highest BCUT2D eigenvalue weighted by atomic mass is 32.1. The van der Waals surface area contributed by atoms with Gasteiger partial charge in [-0.2, -0.15) is 0 Å². The van der Waals surface area contributed by atoms with E-state index in [9.17, 15) is 4.79 Å². The number of amides is 1. The summed E-state index contributed by atoms with van der Waals surface area (Å²) in [6.45, 7) is 4.89. The zero-order chi connectivity index (χ0) is 22.6. The number of carbonyl (C=O) groups is 1. The van der Waals surface area contributed by atoms with Gasteiger partial charge in [-0.25, -0.2) is 9.97 Å². The van der Waals surface area contributed by atoms with Gasteiger partial charge in [-0.15, -0.1) is 11.3 Å². The van der Waals surface area contributed by atoms with E-state index in [1.54, 1.807) is 6.07 Å². The van der Waals surface area contributed by atoms with Gasteiger partial charge in [0.1, 0.15) is 17.5 Å². The average Bonchev–Trinajstić information content (AvgIpc) is 3.53. The van der Waals surface area contributed by atoms with Crippen LogP contribution in [0.15, 0.2) is 58.4 Å². The first-order valence-corrected chi connectivity index (χ1v) is 11.4. The summed E-state index contributed by atoms with van der Waals surface area (Å²) in [6.07, 6.45) is 0. The molecule has 1 amide bonds. The van der Waals surface area contributed by atoms with Gasteiger partial charge in [-0.05, 0) is 42.6 Å². The highest BCUT2D eigenvalue weighted by Gasteiger charge is 2.16. The maximum atomic E-state index is 12.5. The predicted molar refractivity (Wildman–Crippen MR) is 127 cm³/mol. The van der Waals surface area contributed by atoms with E-state index < -0.39 is 0 Å². The Hall–Kier alpha value is -3.76. The highest BCUT2D eigenvalue weighted by Crippen LogP contribution is 2.26. The van der Waals surface area contributed by atoms with Crippen LogP contribution in [0.1, 0.15) is 16.3 Å². The van der Waals surface area contributed by atoms with Crippen molar-refractivity contribution >= 4 is 40.3 Å². The summed E-state index contributed by atoms with van der Waals surface area (Å²) in [5, 5.41) is 12.0. The quantitative estimate of drug-likeness (QED) is 0.436. The van der Waals surface area contributed by atoms with Crippen LogP contribution in [0.2, 0.25) is 0 Å². The minimum Gasteiger partial charge on any atom is -0.378 e. The van der Waals surface area contributed by atoms with Crippen molar-refractivity contribution in [2.24, 2.45) is 0 Å². The van der Waals surface area contributed by atoms with Gasteiger partial charge in [0.25, 0.3) is 5.91 Å². The van der Waals surface area contributed by atoms with Crippen molar-refractivity contribution < 1.29 is 14.1 Å². The first-order valence-electron chi connectivity index (χ1n) is 10.5. The van der Waals surface area contributed by atoms with Gasteiger partial charge < -0.3 is 24.8 Å². The van der Waals surface area contributed by atoms with E-state index in [1.165, 1.54) is 11.3 Å². The number of carbonyl (C=O) groups excluding carboxylic acids is 1. The summed E-state index contributed by atoms with van der Waals surface area (Å²) < 4.78 is 10.7. The molecule has 9 nitrogen and oxygen atoms in total. The maximum absolute atomic E-state index is 12.5. The molecule has 1 aromatic carbocycles. The molecule has 33 heavy (non-hydrogen) atoms. The van der Waals surface area contributed by atoms with E-state index in [2.05, 4.69) is 30.7 Å². The van der Waals surface area contributed by atoms with Gasteiger partial charge in [0, 0.05) is 36.6 Å². The normalized spacial score (nSPS) is 13.7. The van der Waals surface area contributed by atoms with Gasteiger partial charge in [0.2, 0.25) is 0 Å². The van der Waals surface area contributed by atoms with Gasteiger partial charge >= 0.3 is 0 Å². The number of rotatable bonds is 6. The fraction of sp³-hybridized carbons (Fsp3) is 0.217. The lowest BCUT2D eigenvalue weighted by atomic mass is 10.2. The monoisotopic (exact) mass is 462 g/mol. The molecule has 168 valence electrons. The van der Waals surface area contributed by atoms with E-state index in [-0.39, 0.29) is 11.6 Å². The molecule has 0 spiro atoms. The average molecular weight is 463 g/mol. The molecule has 0 radical (unpaired) electrons.